The number of carbonyl (C=O) groups is 2. The molecule has 1 unspecified atom stereocenters. The Labute approximate surface area is 189 Å². The van der Waals surface area contributed by atoms with E-state index in [0.717, 1.165) is 16.3 Å². The van der Waals surface area contributed by atoms with Gasteiger partial charge in [0.15, 0.2) is 0 Å². The normalized spacial score (nSPS) is 12.8. The zero-order valence-electron chi connectivity index (χ0n) is 18.5. The largest absolute Gasteiger partial charge is 0.332 e. The molecular formula is C26H32N4O2. The molecule has 0 aromatic heterocycles. The van der Waals surface area contributed by atoms with E-state index in [0.29, 0.717) is 37.9 Å². The molecule has 6 nitrogen and oxygen atoms in total. The average molecular weight is 433 g/mol. The van der Waals surface area contributed by atoms with Crippen LogP contribution >= 0.6 is 0 Å². The van der Waals surface area contributed by atoms with E-state index in [1.54, 1.807) is 7.05 Å². The van der Waals surface area contributed by atoms with Gasteiger partial charge in [0.25, 0.3) is 0 Å². The number of aryl methyl sites for hydroxylation is 1. The van der Waals surface area contributed by atoms with E-state index in [1.807, 2.05) is 72.8 Å². The van der Waals surface area contributed by atoms with Crippen molar-refractivity contribution >= 4 is 28.3 Å². The first-order chi connectivity index (χ1) is 15.5. The van der Waals surface area contributed by atoms with Crippen LogP contribution in [0.1, 0.15) is 24.8 Å². The average Bonchev–Trinajstić information content (AvgIpc) is 2.82. The Hall–Kier alpha value is -3.22. The zero-order chi connectivity index (χ0) is 22.9. The molecule has 0 heterocycles. The van der Waals surface area contributed by atoms with Gasteiger partial charge in [0, 0.05) is 12.7 Å². The number of likely N-dealkylation sites (N-methyl/N-ethyl adjacent to an activating group) is 1. The highest BCUT2D eigenvalue weighted by molar-refractivity contribution is 5.99. The van der Waals surface area contributed by atoms with Gasteiger partial charge in [-0.25, -0.2) is 0 Å². The highest BCUT2D eigenvalue weighted by atomic mass is 16.2. The van der Waals surface area contributed by atoms with Gasteiger partial charge in [-0.2, -0.15) is 0 Å². The molecule has 3 aromatic carbocycles. The summed E-state index contributed by atoms with van der Waals surface area (Å²) in [7, 11) is 1.65. The lowest BCUT2D eigenvalue weighted by atomic mass is 10.0. The molecule has 3 rings (SSSR count). The summed E-state index contributed by atoms with van der Waals surface area (Å²) in [6.45, 7) is 0.477. The number of nitrogens with two attached hydrogens (primary N) is 2. The van der Waals surface area contributed by atoms with Crippen LogP contribution in [0, 0.1) is 0 Å². The summed E-state index contributed by atoms with van der Waals surface area (Å²) in [5, 5.41) is 5.14. The van der Waals surface area contributed by atoms with Crippen LogP contribution < -0.4 is 16.8 Å². The van der Waals surface area contributed by atoms with Crippen LogP contribution in [0.15, 0.2) is 72.8 Å². The van der Waals surface area contributed by atoms with E-state index >= 15 is 0 Å². The summed E-state index contributed by atoms with van der Waals surface area (Å²) in [4.78, 5) is 27.7. The second-order valence-corrected chi connectivity index (χ2v) is 8.08. The van der Waals surface area contributed by atoms with E-state index in [-0.39, 0.29) is 11.8 Å². The van der Waals surface area contributed by atoms with Gasteiger partial charge in [0.2, 0.25) is 11.8 Å². The third-order valence-electron chi connectivity index (χ3n) is 5.72. The Kier molecular flexibility index (Phi) is 8.36. The van der Waals surface area contributed by atoms with Crippen molar-refractivity contribution in [1.82, 2.24) is 4.90 Å². The molecule has 0 bridgehead atoms. The van der Waals surface area contributed by atoms with Crippen LogP contribution in [-0.2, 0) is 16.0 Å². The fourth-order valence-corrected chi connectivity index (χ4v) is 3.82. The minimum atomic E-state index is -0.670. The number of nitrogens with zero attached hydrogens (tertiary/aromatic N) is 1. The molecule has 0 aliphatic rings. The number of hydrogen-bond donors (Lipinski definition) is 3. The van der Waals surface area contributed by atoms with Crippen LogP contribution in [0.2, 0.25) is 0 Å². The number of fused-ring (bicyclic) bond motifs is 1. The first kappa shape index (κ1) is 23.4. The maximum atomic E-state index is 13.3. The van der Waals surface area contributed by atoms with Crippen molar-refractivity contribution in [3.8, 4) is 0 Å². The van der Waals surface area contributed by atoms with E-state index in [2.05, 4.69) is 5.32 Å². The molecular weight excluding hydrogens is 400 g/mol. The van der Waals surface area contributed by atoms with Crippen LogP contribution in [0.4, 0.5) is 5.69 Å². The molecule has 0 saturated heterocycles. The molecule has 6 heteroatoms. The predicted octanol–water partition coefficient (Wildman–Crippen LogP) is 3.30. The van der Waals surface area contributed by atoms with Crippen molar-refractivity contribution < 1.29 is 9.59 Å². The Morgan fingerprint density at radius 2 is 1.62 bits per heavy atom. The van der Waals surface area contributed by atoms with E-state index in [9.17, 15) is 9.59 Å². The fourth-order valence-electron chi connectivity index (χ4n) is 3.82. The topological polar surface area (TPSA) is 101 Å². The summed E-state index contributed by atoms with van der Waals surface area (Å²) in [5.41, 5.74) is 13.5. The molecule has 0 saturated carbocycles. The molecule has 0 radical (unpaired) electrons. The number of benzene rings is 3. The first-order valence-electron chi connectivity index (χ1n) is 11.1. The number of rotatable bonds is 10. The lowest BCUT2D eigenvalue weighted by Gasteiger charge is -2.29. The fraction of sp³-hybridized carbons (Fsp3) is 0.308. The lowest BCUT2D eigenvalue weighted by molar-refractivity contribution is -0.138. The van der Waals surface area contributed by atoms with Crippen LogP contribution in [0.5, 0.6) is 0 Å². The molecule has 2 atom stereocenters. The van der Waals surface area contributed by atoms with Gasteiger partial charge in [-0.3, -0.25) is 9.59 Å². The third-order valence-corrected chi connectivity index (χ3v) is 5.72. The number of anilines is 1. The third kappa shape index (κ3) is 6.15. The minimum absolute atomic E-state index is 0.224. The highest BCUT2D eigenvalue weighted by Crippen LogP contribution is 2.20. The van der Waals surface area contributed by atoms with Gasteiger partial charge in [-0.05, 0) is 60.7 Å². The van der Waals surface area contributed by atoms with E-state index in [1.165, 1.54) is 4.90 Å². The van der Waals surface area contributed by atoms with Crippen molar-refractivity contribution in [2.45, 2.75) is 37.8 Å². The van der Waals surface area contributed by atoms with Crippen molar-refractivity contribution in [3.05, 3.63) is 78.4 Å². The summed E-state index contributed by atoms with van der Waals surface area (Å²) in [6, 6.07) is 22.4. The highest BCUT2D eigenvalue weighted by Gasteiger charge is 2.29. The van der Waals surface area contributed by atoms with Crippen molar-refractivity contribution in [1.29, 1.82) is 0 Å². The van der Waals surface area contributed by atoms with Crippen LogP contribution in [-0.4, -0.2) is 42.4 Å². The number of amides is 2. The quantitative estimate of drug-likeness (QED) is 0.457. The molecule has 168 valence electrons. The van der Waals surface area contributed by atoms with Crippen molar-refractivity contribution in [3.63, 3.8) is 0 Å². The van der Waals surface area contributed by atoms with Crippen molar-refractivity contribution in [2.75, 3.05) is 18.9 Å². The SMILES string of the molecule is CN(C(=O)[C@H](N)CCCN)C(CCc1ccccc1)C(=O)Nc1ccc2ccccc2c1. The second-order valence-electron chi connectivity index (χ2n) is 8.08. The summed E-state index contributed by atoms with van der Waals surface area (Å²) < 4.78 is 0. The summed E-state index contributed by atoms with van der Waals surface area (Å²) >= 11 is 0. The Morgan fingerprint density at radius 1 is 0.938 bits per heavy atom. The maximum Gasteiger partial charge on any atom is 0.247 e. The van der Waals surface area contributed by atoms with Crippen molar-refractivity contribution in [2.24, 2.45) is 11.5 Å². The van der Waals surface area contributed by atoms with Gasteiger partial charge in [0.1, 0.15) is 6.04 Å². The van der Waals surface area contributed by atoms with Crippen LogP contribution in [0.3, 0.4) is 0 Å². The molecule has 0 aliphatic heterocycles. The summed E-state index contributed by atoms with van der Waals surface area (Å²) in [5.74, 6) is -0.469. The Balaban J connectivity index is 1.77. The molecule has 32 heavy (non-hydrogen) atoms. The molecule has 2 amide bonds. The maximum absolute atomic E-state index is 13.3. The first-order valence-corrected chi connectivity index (χ1v) is 11.1. The minimum Gasteiger partial charge on any atom is -0.332 e. The summed E-state index contributed by atoms with van der Waals surface area (Å²) in [6.07, 6.45) is 2.33. The van der Waals surface area contributed by atoms with E-state index < -0.39 is 12.1 Å². The van der Waals surface area contributed by atoms with E-state index in [4.69, 9.17) is 11.5 Å². The zero-order valence-corrected chi connectivity index (χ0v) is 18.5. The van der Waals surface area contributed by atoms with Gasteiger partial charge in [0.05, 0.1) is 6.04 Å². The van der Waals surface area contributed by atoms with Gasteiger partial charge in [-0.15, -0.1) is 0 Å². The Bertz CT molecular complexity index is 1040. The lowest BCUT2D eigenvalue weighted by Crippen LogP contribution is -2.51. The standard InChI is InChI=1S/C26H32N4O2/c1-30(26(32)23(28)12-7-17-27)24(16-13-19-8-3-2-4-9-19)25(31)29-22-15-14-20-10-5-6-11-21(20)18-22/h2-6,8-11,14-15,18,23-24H,7,12-13,16-17,27-28H2,1H3,(H,29,31)/t23-,24?/m1/s1. The van der Waals surface area contributed by atoms with Gasteiger partial charge < -0.3 is 21.7 Å². The smallest absolute Gasteiger partial charge is 0.247 e. The Morgan fingerprint density at radius 3 is 2.34 bits per heavy atom. The molecule has 5 N–H and O–H groups in total. The second kappa shape index (κ2) is 11.4. The van der Waals surface area contributed by atoms with Crippen LogP contribution in [0.25, 0.3) is 10.8 Å². The monoisotopic (exact) mass is 432 g/mol. The number of carbonyl (C=O) groups excluding carboxylic acids is 2. The van der Waals surface area contributed by atoms with Gasteiger partial charge >= 0.3 is 0 Å². The predicted molar refractivity (Wildman–Crippen MR) is 130 cm³/mol. The number of nitrogens with one attached hydrogen (secondary N) is 1. The molecule has 0 spiro atoms. The molecule has 3 aromatic rings. The molecule has 0 aliphatic carbocycles. The van der Waals surface area contributed by atoms with Gasteiger partial charge in [-0.1, -0.05) is 60.7 Å². The molecule has 0 fully saturated rings. The number of hydrogen-bond acceptors (Lipinski definition) is 4.